The molecule has 1 heterocycles. The Bertz CT molecular complexity index is 401. The first kappa shape index (κ1) is 10.7. The highest BCUT2D eigenvalue weighted by molar-refractivity contribution is 5.89. The van der Waals surface area contributed by atoms with Gasteiger partial charge in [0.1, 0.15) is 0 Å². The van der Waals surface area contributed by atoms with E-state index >= 15 is 0 Å². The molecule has 0 spiro atoms. The highest BCUT2D eigenvalue weighted by atomic mass is 16.4. The van der Waals surface area contributed by atoms with Crippen LogP contribution < -0.4 is 5.32 Å². The zero-order valence-corrected chi connectivity index (χ0v) is 8.80. The van der Waals surface area contributed by atoms with Crippen LogP contribution in [0.2, 0.25) is 0 Å². The second kappa shape index (κ2) is 3.96. The van der Waals surface area contributed by atoms with Crippen LogP contribution >= 0.6 is 0 Å². The van der Waals surface area contributed by atoms with Gasteiger partial charge in [-0.25, -0.2) is 0 Å². The van der Waals surface area contributed by atoms with Gasteiger partial charge in [0.2, 0.25) is 5.91 Å². The minimum atomic E-state index is -0.892. The van der Waals surface area contributed by atoms with Gasteiger partial charge in [0.25, 0.3) is 0 Å². The van der Waals surface area contributed by atoms with Gasteiger partial charge in [-0.2, -0.15) is 5.10 Å². The molecule has 1 aliphatic rings. The van der Waals surface area contributed by atoms with E-state index in [1.807, 2.05) is 6.92 Å². The summed E-state index contributed by atoms with van der Waals surface area (Å²) in [6, 6.07) is -0.152. The van der Waals surface area contributed by atoms with Crippen molar-refractivity contribution in [2.24, 2.45) is 11.8 Å². The number of aromatic amines is 1. The Morgan fingerprint density at radius 1 is 1.62 bits per heavy atom. The van der Waals surface area contributed by atoms with Crippen LogP contribution in [0.4, 0.5) is 0 Å². The van der Waals surface area contributed by atoms with Gasteiger partial charge in [0.15, 0.2) is 0 Å². The monoisotopic (exact) mass is 223 g/mol. The maximum Gasteiger partial charge on any atom is 0.307 e. The first-order chi connectivity index (χ1) is 7.59. The Labute approximate surface area is 92.0 Å². The molecule has 3 N–H and O–H groups in total. The molecule has 86 valence electrons. The van der Waals surface area contributed by atoms with Crippen molar-refractivity contribution in [3.8, 4) is 0 Å². The molecule has 1 saturated carbocycles. The zero-order chi connectivity index (χ0) is 11.7. The fourth-order valence-corrected chi connectivity index (χ4v) is 1.66. The number of carbonyl (C=O) groups excluding carboxylic acids is 1. The van der Waals surface area contributed by atoms with E-state index < -0.39 is 11.9 Å². The lowest BCUT2D eigenvalue weighted by atomic mass is 10.2. The number of amides is 1. The van der Waals surface area contributed by atoms with Gasteiger partial charge in [0.05, 0.1) is 24.1 Å². The molecule has 1 aliphatic carbocycles. The summed E-state index contributed by atoms with van der Waals surface area (Å²) in [5, 5.41) is 17.9. The molecule has 16 heavy (non-hydrogen) atoms. The van der Waals surface area contributed by atoms with Crippen molar-refractivity contribution in [2.75, 3.05) is 0 Å². The van der Waals surface area contributed by atoms with E-state index in [-0.39, 0.29) is 17.9 Å². The van der Waals surface area contributed by atoms with Gasteiger partial charge in [-0.3, -0.25) is 14.7 Å². The lowest BCUT2D eigenvalue weighted by Gasteiger charge is -2.11. The summed E-state index contributed by atoms with van der Waals surface area (Å²) >= 11 is 0. The highest BCUT2D eigenvalue weighted by Gasteiger charge is 2.48. The number of aliphatic carboxylic acids is 1. The first-order valence-electron chi connectivity index (χ1n) is 5.11. The second-order valence-corrected chi connectivity index (χ2v) is 4.05. The van der Waals surface area contributed by atoms with Gasteiger partial charge in [0, 0.05) is 11.8 Å². The molecule has 1 fully saturated rings. The number of carboxylic acid groups (broad SMARTS) is 1. The Morgan fingerprint density at radius 3 is 2.88 bits per heavy atom. The van der Waals surface area contributed by atoms with Crippen LogP contribution in [-0.2, 0) is 9.59 Å². The molecule has 1 aromatic heterocycles. The van der Waals surface area contributed by atoms with E-state index in [1.165, 1.54) is 0 Å². The number of nitrogens with one attached hydrogen (secondary N) is 2. The van der Waals surface area contributed by atoms with Crippen molar-refractivity contribution in [1.29, 1.82) is 0 Å². The summed E-state index contributed by atoms with van der Waals surface area (Å²) in [7, 11) is 0. The van der Waals surface area contributed by atoms with Crippen molar-refractivity contribution in [3.05, 3.63) is 18.0 Å². The fraction of sp³-hybridized carbons (Fsp3) is 0.500. The first-order valence-corrected chi connectivity index (χ1v) is 5.11. The summed E-state index contributed by atoms with van der Waals surface area (Å²) in [5.41, 5.74) is 0.876. The Morgan fingerprint density at radius 2 is 2.38 bits per heavy atom. The molecule has 1 aromatic rings. The van der Waals surface area contributed by atoms with Crippen LogP contribution in [0.15, 0.2) is 12.4 Å². The molecule has 0 saturated heterocycles. The van der Waals surface area contributed by atoms with Gasteiger partial charge in [-0.05, 0) is 13.3 Å². The lowest BCUT2D eigenvalue weighted by Crippen LogP contribution is -2.29. The predicted octanol–water partition coefficient (Wildman–Crippen LogP) is 0.308. The van der Waals surface area contributed by atoms with E-state index in [0.29, 0.717) is 6.42 Å². The number of hydrogen-bond donors (Lipinski definition) is 3. The molecule has 0 radical (unpaired) electrons. The standard InChI is InChI=1S/C10H13N3O3/c1-5(6-3-11-12-4-6)13-9(14)7-2-8(7)10(15)16/h3-5,7-8H,2H2,1H3,(H,11,12)(H,13,14)(H,15,16). The van der Waals surface area contributed by atoms with Gasteiger partial charge in [-0.1, -0.05) is 0 Å². The van der Waals surface area contributed by atoms with Crippen molar-refractivity contribution >= 4 is 11.9 Å². The molecule has 2 rings (SSSR count). The van der Waals surface area contributed by atoms with Gasteiger partial charge in [-0.15, -0.1) is 0 Å². The van der Waals surface area contributed by atoms with Gasteiger partial charge < -0.3 is 10.4 Å². The maximum absolute atomic E-state index is 11.6. The minimum Gasteiger partial charge on any atom is -0.481 e. The van der Waals surface area contributed by atoms with Gasteiger partial charge >= 0.3 is 5.97 Å². The number of carbonyl (C=O) groups is 2. The Hall–Kier alpha value is -1.85. The molecule has 0 aromatic carbocycles. The van der Waals surface area contributed by atoms with Crippen LogP contribution in [0.1, 0.15) is 24.9 Å². The fourth-order valence-electron chi connectivity index (χ4n) is 1.66. The third-order valence-electron chi connectivity index (χ3n) is 2.82. The molecular formula is C10H13N3O3. The van der Waals surface area contributed by atoms with Crippen LogP contribution in [0, 0.1) is 11.8 Å². The minimum absolute atomic E-state index is 0.152. The molecule has 0 aliphatic heterocycles. The number of aromatic nitrogens is 2. The molecule has 6 heteroatoms. The second-order valence-electron chi connectivity index (χ2n) is 4.05. The van der Waals surface area contributed by atoms with Crippen molar-refractivity contribution in [1.82, 2.24) is 15.5 Å². The number of hydrogen-bond acceptors (Lipinski definition) is 3. The summed E-state index contributed by atoms with van der Waals surface area (Å²) in [6.07, 6.45) is 3.78. The molecule has 1 amide bonds. The van der Waals surface area contributed by atoms with Crippen molar-refractivity contribution in [2.45, 2.75) is 19.4 Å². The Kier molecular flexibility index (Phi) is 2.64. The summed E-state index contributed by atoms with van der Waals surface area (Å²) in [4.78, 5) is 22.2. The van der Waals surface area contributed by atoms with E-state index in [1.54, 1.807) is 12.4 Å². The zero-order valence-electron chi connectivity index (χ0n) is 8.80. The summed E-state index contributed by atoms with van der Waals surface area (Å²) in [6.45, 7) is 1.83. The average molecular weight is 223 g/mol. The topological polar surface area (TPSA) is 95.1 Å². The Balaban J connectivity index is 1.87. The van der Waals surface area contributed by atoms with Crippen LogP contribution in [0.25, 0.3) is 0 Å². The number of rotatable bonds is 4. The third-order valence-corrected chi connectivity index (χ3v) is 2.82. The van der Waals surface area contributed by atoms with Crippen molar-refractivity contribution in [3.63, 3.8) is 0 Å². The van der Waals surface area contributed by atoms with E-state index in [4.69, 9.17) is 5.11 Å². The van der Waals surface area contributed by atoms with E-state index in [9.17, 15) is 9.59 Å². The third kappa shape index (κ3) is 2.05. The molecule has 0 bridgehead atoms. The maximum atomic E-state index is 11.6. The molecular weight excluding hydrogens is 210 g/mol. The summed E-state index contributed by atoms with van der Waals surface area (Å²) in [5.74, 6) is -1.96. The highest BCUT2D eigenvalue weighted by Crippen LogP contribution is 2.39. The number of nitrogens with zero attached hydrogens (tertiary/aromatic N) is 1. The van der Waals surface area contributed by atoms with Crippen LogP contribution in [0.5, 0.6) is 0 Å². The number of carboxylic acids is 1. The average Bonchev–Trinajstić information content (AvgIpc) is 2.85. The summed E-state index contributed by atoms with van der Waals surface area (Å²) < 4.78 is 0. The quantitative estimate of drug-likeness (QED) is 0.684. The van der Waals surface area contributed by atoms with E-state index in [0.717, 1.165) is 5.56 Å². The smallest absolute Gasteiger partial charge is 0.307 e. The lowest BCUT2D eigenvalue weighted by molar-refractivity contribution is -0.140. The van der Waals surface area contributed by atoms with Crippen LogP contribution in [0.3, 0.4) is 0 Å². The van der Waals surface area contributed by atoms with E-state index in [2.05, 4.69) is 15.5 Å². The molecule has 6 nitrogen and oxygen atoms in total. The normalized spacial score (nSPS) is 24.8. The number of H-pyrrole nitrogens is 1. The predicted molar refractivity (Wildman–Crippen MR) is 54.4 cm³/mol. The largest absolute Gasteiger partial charge is 0.481 e. The SMILES string of the molecule is CC(NC(=O)C1CC1C(=O)O)c1cn[nH]c1. The van der Waals surface area contributed by atoms with Crippen LogP contribution in [-0.4, -0.2) is 27.2 Å². The van der Waals surface area contributed by atoms with Crippen molar-refractivity contribution < 1.29 is 14.7 Å². The molecule has 3 atom stereocenters. The molecule has 3 unspecified atom stereocenters.